The van der Waals surface area contributed by atoms with Gasteiger partial charge in [0.25, 0.3) is 0 Å². The van der Waals surface area contributed by atoms with Crippen molar-refractivity contribution >= 4 is 11.9 Å². The maximum absolute atomic E-state index is 4.78. The molecule has 0 radical (unpaired) electrons. The molecule has 1 saturated carbocycles. The molecule has 2 aromatic carbocycles. The van der Waals surface area contributed by atoms with Gasteiger partial charge in [0.2, 0.25) is 0 Å². The Morgan fingerprint density at radius 3 is 2.34 bits per heavy atom. The van der Waals surface area contributed by atoms with E-state index in [2.05, 4.69) is 80.1 Å². The molecule has 0 bridgehead atoms. The molecular formula is C30H40N2. The van der Waals surface area contributed by atoms with Crippen LogP contribution in [-0.4, -0.2) is 11.9 Å². The van der Waals surface area contributed by atoms with Crippen LogP contribution in [0.3, 0.4) is 0 Å². The Kier molecular flexibility index (Phi) is 9.94. The van der Waals surface area contributed by atoms with Gasteiger partial charge in [-0.2, -0.15) is 10.2 Å². The lowest BCUT2D eigenvalue weighted by molar-refractivity contribution is 0.212. The summed E-state index contributed by atoms with van der Waals surface area (Å²) in [5, 5.41) is 9.32. The summed E-state index contributed by atoms with van der Waals surface area (Å²) in [6, 6.07) is 19.3. The summed E-state index contributed by atoms with van der Waals surface area (Å²) >= 11 is 0. The molecule has 1 atom stereocenters. The van der Waals surface area contributed by atoms with Crippen LogP contribution in [0.1, 0.15) is 81.9 Å². The SMILES string of the molecule is C=CCCc1ccc(C=NN=C(c2ccccc2)[C@H]2CC[C@H](C(CC)CCC)CC2)cc1. The number of aryl methyl sites for hydroxylation is 1. The van der Waals surface area contributed by atoms with Gasteiger partial charge in [-0.3, -0.25) is 0 Å². The Hall–Kier alpha value is -2.48. The zero-order valence-corrected chi connectivity index (χ0v) is 20.0. The fourth-order valence-corrected chi connectivity index (χ4v) is 5.19. The van der Waals surface area contributed by atoms with Gasteiger partial charge in [0.15, 0.2) is 0 Å². The van der Waals surface area contributed by atoms with E-state index in [0.29, 0.717) is 5.92 Å². The molecule has 2 nitrogen and oxygen atoms in total. The van der Waals surface area contributed by atoms with E-state index < -0.39 is 0 Å². The van der Waals surface area contributed by atoms with Crippen LogP contribution in [0, 0.1) is 17.8 Å². The van der Waals surface area contributed by atoms with Gasteiger partial charge in [0.05, 0.1) is 11.9 Å². The maximum atomic E-state index is 4.78. The summed E-state index contributed by atoms with van der Waals surface area (Å²) in [6.45, 7) is 8.49. The lowest BCUT2D eigenvalue weighted by Crippen LogP contribution is -2.26. The highest BCUT2D eigenvalue weighted by Gasteiger charge is 2.29. The molecule has 0 heterocycles. The van der Waals surface area contributed by atoms with Crippen molar-refractivity contribution < 1.29 is 0 Å². The average Bonchev–Trinajstić information content (AvgIpc) is 2.85. The molecule has 1 aliphatic carbocycles. The van der Waals surface area contributed by atoms with E-state index in [1.54, 1.807) is 0 Å². The van der Waals surface area contributed by atoms with E-state index in [-0.39, 0.29) is 0 Å². The van der Waals surface area contributed by atoms with Crippen LogP contribution < -0.4 is 0 Å². The number of rotatable bonds is 11. The number of allylic oxidation sites excluding steroid dienone is 1. The Bertz CT molecular complexity index is 855. The predicted octanol–water partition coefficient (Wildman–Crippen LogP) is 8.26. The summed E-state index contributed by atoms with van der Waals surface area (Å²) in [5.74, 6) is 2.29. The highest BCUT2D eigenvalue weighted by atomic mass is 15.2. The average molecular weight is 429 g/mol. The van der Waals surface area contributed by atoms with Crippen LogP contribution in [0.5, 0.6) is 0 Å². The molecule has 0 spiro atoms. The minimum absolute atomic E-state index is 0.506. The van der Waals surface area contributed by atoms with Crippen LogP contribution in [0.25, 0.3) is 0 Å². The first-order valence-corrected chi connectivity index (χ1v) is 12.6. The van der Waals surface area contributed by atoms with Gasteiger partial charge in [-0.15, -0.1) is 6.58 Å². The van der Waals surface area contributed by atoms with Gasteiger partial charge < -0.3 is 0 Å². The predicted molar refractivity (Wildman–Crippen MR) is 140 cm³/mol. The van der Waals surface area contributed by atoms with Crippen molar-refractivity contribution in [2.45, 2.75) is 71.6 Å². The molecule has 2 heteroatoms. The van der Waals surface area contributed by atoms with Crippen molar-refractivity contribution in [1.29, 1.82) is 0 Å². The molecule has 1 fully saturated rings. The standard InChI is InChI=1S/C30H40N2/c1-4-7-12-24-15-17-25(18-16-24)23-31-32-30(28-13-9-8-10-14-28)29-21-19-27(20-22-29)26(6-3)11-5-2/h4,8-10,13-18,23,26-27,29H,1,5-7,11-12,19-22H2,2-3H3/t26?,27-,29-. The molecule has 2 aromatic rings. The molecule has 170 valence electrons. The second kappa shape index (κ2) is 13.2. The fraction of sp³-hybridized carbons (Fsp3) is 0.467. The minimum atomic E-state index is 0.506. The molecule has 1 unspecified atom stereocenters. The molecular weight excluding hydrogens is 388 g/mol. The Balaban J connectivity index is 1.71. The smallest absolute Gasteiger partial charge is 0.0733 e. The quantitative estimate of drug-likeness (QED) is 0.195. The minimum Gasteiger partial charge on any atom is -0.158 e. The first-order valence-electron chi connectivity index (χ1n) is 12.6. The lowest BCUT2D eigenvalue weighted by atomic mass is 9.72. The number of nitrogens with zero attached hydrogens (tertiary/aromatic N) is 2. The third-order valence-corrected chi connectivity index (χ3v) is 7.07. The van der Waals surface area contributed by atoms with Gasteiger partial charge in [-0.25, -0.2) is 0 Å². The Labute approximate surface area is 195 Å². The van der Waals surface area contributed by atoms with Crippen molar-refractivity contribution in [3.63, 3.8) is 0 Å². The largest absolute Gasteiger partial charge is 0.158 e. The van der Waals surface area contributed by atoms with Gasteiger partial charge in [0.1, 0.15) is 0 Å². The van der Waals surface area contributed by atoms with Crippen molar-refractivity contribution in [2.75, 3.05) is 0 Å². The van der Waals surface area contributed by atoms with Crippen molar-refractivity contribution in [3.8, 4) is 0 Å². The Morgan fingerprint density at radius 2 is 1.72 bits per heavy atom. The Morgan fingerprint density at radius 1 is 1.00 bits per heavy atom. The summed E-state index contributed by atoms with van der Waals surface area (Å²) in [4.78, 5) is 0. The van der Waals surface area contributed by atoms with Crippen molar-refractivity contribution in [1.82, 2.24) is 0 Å². The highest BCUT2D eigenvalue weighted by Crippen LogP contribution is 2.38. The number of hydrogen-bond donors (Lipinski definition) is 0. The summed E-state index contributed by atoms with van der Waals surface area (Å²) in [6.07, 6.45) is 15.0. The second-order valence-corrected chi connectivity index (χ2v) is 9.23. The third-order valence-electron chi connectivity index (χ3n) is 7.07. The van der Waals surface area contributed by atoms with Crippen LogP contribution in [0.4, 0.5) is 0 Å². The summed E-state index contributed by atoms with van der Waals surface area (Å²) < 4.78 is 0. The number of hydrogen-bond acceptors (Lipinski definition) is 2. The van der Waals surface area contributed by atoms with Gasteiger partial charge >= 0.3 is 0 Å². The molecule has 3 rings (SSSR count). The highest BCUT2D eigenvalue weighted by molar-refractivity contribution is 6.02. The van der Waals surface area contributed by atoms with E-state index in [4.69, 9.17) is 5.10 Å². The van der Waals surface area contributed by atoms with E-state index in [0.717, 1.165) is 36.0 Å². The van der Waals surface area contributed by atoms with E-state index in [9.17, 15) is 0 Å². The van der Waals surface area contributed by atoms with Crippen LogP contribution in [-0.2, 0) is 6.42 Å². The van der Waals surface area contributed by atoms with E-state index in [1.807, 2.05) is 12.3 Å². The fourth-order valence-electron chi connectivity index (χ4n) is 5.19. The van der Waals surface area contributed by atoms with Crippen molar-refractivity contribution in [3.05, 3.63) is 83.9 Å². The monoisotopic (exact) mass is 428 g/mol. The molecule has 0 aromatic heterocycles. The molecule has 0 N–H and O–H groups in total. The first kappa shape index (κ1) is 24.2. The summed E-state index contributed by atoms with van der Waals surface area (Å²) in [5.41, 5.74) is 4.80. The third kappa shape index (κ3) is 7.02. The van der Waals surface area contributed by atoms with Gasteiger partial charge in [-0.05, 0) is 67.1 Å². The van der Waals surface area contributed by atoms with E-state index >= 15 is 0 Å². The zero-order valence-electron chi connectivity index (χ0n) is 20.0. The molecule has 32 heavy (non-hydrogen) atoms. The lowest BCUT2D eigenvalue weighted by Gasteiger charge is -2.34. The van der Waals surface area contributed by atoms with Crippen LogP contribution >= 0.6 is 0 Å². The number of benzene rings is 2. The molecule has 0 amide bonds. The zero-order chi connectivity index (χ0) is 22.6. The topological polar surface area (TPSA) is 24.7 Å². The second-order valence-electron chi connectivity index (χ2n) is 9.23. The van der Waals surface area contributed by atoms with Gasteiger partial charge in [-0.1, -0.05) is 93.8 Å². The molecule has 0 aliphatic heterocycles. The maximum Gasteiger partial charge on any atom is 0.0733 e. The van der Waals surface area contributed by atoms with Crippen LogP contribution in [0.15, 0.2) is 77.5 Å². The molecule has 0 saturated heterocycles. The normalized spacial score (nSPS) is 20.4. The van der Waals surface area contributed by atoms with Crippen LogP contribution in [0.2, 0.25) is 0 Å². The first-order chi connectivity index (χ1) is 15.7. The van der Waals surface area contributed by atoms with Crippen molar-refractivity contribution in [2.24, 2.45) is 28.0 Å². The summed E-state index contributed by atoms with van der Waals surface area (Å²) in [7, 11) is 0. The molecule has 1 aliphatic rings. The van der Waals surface area contributed by atoms with E-state index in [1.165, 1.54) is 56.1 Å². The van der Waals surface area contributed by atoms with Gasteiger partial charge in [0, 0.05) is 5.92 Å².